The van der Waals surface area contributed by atoms with Crippen LogP contribution in [0.4, 0.5) is 5.69 Å². The van der Waals surface area contributed by atoms with Gasteiger partial charge in [-0.15, -0.1) is 0 Å². The van der Waals surface area contributed by atoms with Gasteiger partial charge in [-0.05, 0) is 25.5 Å². The van der Waals surface area contributed by atoms with Gasteiger partial charge in [0.1, 0.15) is 13.2 Å². The second-order valence-electron chi connectivity index (χ2n) is 7.49. The average Bonchev–Trinajstić information content (AvgIpc) is 3.07. The zero-order valence-electron chi connectivity index (χ0n) is 16.3. The van der Waals surface area contributed by atoms with Crippen molar-refractivity contribution >= 4 is 17.5 Å². The van der Waals surface area contributed by atoms with Crippen LogP contribution in [0.3, 0.4) is 0 Å². The number of carbonyl (C=O) groups excluding carboxylic acids is 2. The van der Waals surface area contributed by atoms with Gasteiger partial charge >= 0.3 is 0 Å². The van der Waals surface area contributed by atoms with Gasteiger partial charge in [-0.3, -0.25) is 9.59 Å². The number of anilines is 1. The van der Waals surface area contributed by atoms with Crippen LogP contribution < -0.4 is 19.7 Å². The van der Waals surface area contributed by atoms with E-state index in [2.05, 4.69) is 12.2 Å². The Morgan fingerprint density at radius 2 is 2.00 bits per heavy atom. The third-order valence-electron chi connectivity index (χ3n) is 5.21. The highest BCUT2D eigenvalue weighted by Gasteiger charge is 2.35. The Kier molecular flexibility index (Phi) is 6.58. The Bertz CT molecular complexity index is 676. The van der Waals surface area contributed by atoms with Gasteiger partial charge in [0, 0.05) is 30.8 Å². The number of benzene rings is 1. The second kappa shape index (κ2) is 9.11. The molecular weight excluding hydrogens is 344 g/mol. The summed E-state index contributed by atoms with van der Waals surface area (Å²) in [5, 5.41) is 3.08. The van der Waals surface area contributed by atoms with Crippen LogP contribution in [-0.2, 0) is 9.59 Å². The number of nitrogens with zero attached hydrogens (tertiary/aromatic N) is 1. The Morgan fingerprint density at radius 1 is 1.22 bits per heavy atom. The lowest BCUT2D eigenvalue weighted by molar-refractivity contribution is -0.126. The number of unbranched alkanes of at least 4 members (excludes halogenated alkanes) is 3. The Balaban J connectivity index is 1.54. The first-order chi connectivity index (χ1) is 13.1. The van der Waals surface area contributed by atoms with Crippen molar-refractivity contribution in [1.29, 1.82) is 0 Å². The minimum absolute atomic E-state index is 0.0219. The first kappa shape index (κ1) is 19.5. The number of hydrogen-bond acceptors (Lipinski definition) is 4. The van der Waals surface area contributed by atoms with Crippen LogP contribution >= 0.6 is 0 Å². The molecule has 2 aliphatic rings. The summed E-state index contributed by atoms with van der Waals surface area (Å²) in [5.41, 5.74) is 0.757. The van der Waals surface area contributed by atoms with E-state index in [9.17, 15) is 9.59 Å². The fourth-order valence-corrected chi connectivity index (χ4v) is 3.64. The predicted molar refractivity (Wildman–Crippen MR) is 104 cm³/mol. The van der Waals surface area contributed by atoms with Crippen molar-refractivity contribution in [3.05, 3.63) is 18.2 Å². The molecule has 148 valence electrons. The zero-order chi connectivity index (χ0) is 19.2. The van der Waals surface area contributed by atoms with Crippen LogP contribution in [0.25, 0.3) is 0 Å². The summed E-state index contributed by atoms with van der Waals surface area (Å²) >= 11 is 0. The Morgan fingerprint density at radius 3 is 2.78 bits per heavy atom. The van der Waals surface area contributed by atoms with Gasteiger partial charge in [0.2, 0.25) is 11.8 Å². The molecule has 0 saturated carbocycles. The lowest BCUT2D eigenvalue weighted by atomic mass is 10.1. The molecule has 2 heterocycles. The molecule has 2 atom stereocenters. The number of rotatable bonds is 8. The first-order valence-electron chi connectivity index (χ1n) is 10.1. The molecule has 0 aliphatic carbocycles. The molecule has 2 unspecified atom stereocenters. The quantitative estimate of drug-likeness (QED) is 0.709. The maximum absolute atomic E-state index is 12.6. The highest BCUT2D eigenvalue weighted by molar-refractivity contribution is 6.00. The highest BCUT2D eigenvalue weighted by Crippen LogP contribution is 2.36. The van der Waals surface area contributed by atoms with E-state index in [1.54, 1.807) is 4.90 Å². The number of amides is 2. The maximum atomic E-state index is 12.6. The molecule has 2 aliphatic heterocycles. The van der Waals surface area contributed by atoms with Crippen LogP contribution in [-0.4, -0.2) is 37.6 Å². The Hall–Kier alpha value is -2.24. The van der Waals surface area contributed by atoms with Crippen LogP contribution in [0.1, 0.15) is 52.4 Å². The minimum Gasteiger partial charge on any atom is -0.486 e. The standard InChI is InChI=1S/C21H30N2O4/c1-3-4-5-6-7-15(2)22-21(25)16-12-20(24)23(14-16)17-8-9-18-19(13-17)27-11-10-26-18/h8-9,13,15-16H,3-7,10-12,14H2,1-2H3,(H,22,25). The molecule has 0 bridgehead atoms. The number of carbonyl (C=O) groups is 2. The van der Waals surface area contributed by atoms with E-state index in [1.807, 2.05) is 25.1 Å². The average molecular weight is 374 g/mol. The molecular formula is C21H30N2O4. The fraction of sp³-hybridized carbons (Fsp3) is 0.619. The number of hydrogen-bond donors (Lipinski definition) is 1. The van der Waals surface area contributed by atoms with Crippen LogP contribution in [0.15, 0.2) is 18.2 Å². The molecule has 0 aromatic heterocycles. The third kappa shape index (κ3) is 4.93. The Labute approximate surface area is 161 Å². The van der Waals surface area contributed by atoms with Crippen molar-refractivity contribution in [3.8, 4) is 11.5 Å². The topological polar surface area (TPSA) is 67.9 Å². The van der Waals surface area contributed by atoms with Gasteiger partial charge in [0.15, 0.2) is 11.5 Å². The summed E-state index contributed by atoms with van der Waals surface area (Å²) in [5.74, 6) is 1.00. The summed E-state index contributed by atoms with van der Waals surface area (Å²) in [6.07, 6.45) is 6.02. The van der Waals surface area contributed by atoms with Crippen molar-refractivity contribution < 1.29 is 19.1 Å². The molecule has 0 radical (unpaired) electrons. The van der Waals surface area contributed by atoms with Crippen molar-refractivity contribution in [1.82, 2.24) is 5.32 Å². The van der Waals surface area contributed by atoms with Gasteiger partial charge in [-0.25, -0.2) is 0 Å². The normalized spacial score (nSPS) is 19.9. The van der Waals surface area contributed by atoms with E-state index < -0.39 is 0 Å². The SMILES string of the molecule is CCCCCCC(C)NC(=O)C1CC(=O)N(c2ccc3c(c2)OCCO3)C1. The molecule has 1 fully saturated rings. The minimum atomic E-state index is -0.302. The highest BCUT2D eigenvalue weighted by atomic mass is 16.6. The predicted octanol–water partition coefficient (Wildman–Crippen LogP) is 3.29. The summed E-state index contributed by atoms with van der Waals surface area (Å²) in [6, 6.07) is 5.64. The molecule has 1 aromatic carbocycles. The van der Waals surface area contributed by atoms with E-state index in [0.29, 0.717) is 31.3 Å². The van der Waals surface area contributed by atoms with Crippen molar-refractivity contribution in [2.75, 3.05) is 24.7 Å². The molecule has 0 spiro atoms. The second-order valence-corrected chi connectivity index (χ2v) is 7.49. The monoisotopic (exact) mass is 374 g/mol. The van der Waals surface area contributed by atoms with Gasteiger partial charge in [0.25, 0.3) is 0 Å². The maximum Gasteiger partial charge on any atom is 0.227 e. The van der Waals surface area contributed by atoms with E-state index in [1.165, 1.54) is 19.3 Å². The molecule has 2 amide bonds. The van der Waals surface area contributed by atoms with E-state index >= 15 is 0 Å². The number of ether oxygens (including phenoxy) is 2. The third-order valence-corrected chi connectivity index (χ3v) is 5.21. The smallest absolute Gasteiger partial charge is 0.227 e. The van der Waals surface area contributed by atoms with Crippen molar-refractivity contribution in [2.24, 2.45) is 5.92 Å². The summed E-state index contributed by atoms with van der Waals surface area (Å²) < 4.78 is 11.1. The molecule has 1 aromatic rings. The van der Waals surface area contributed by atoms with Gasteiger partial charge in [0.05, 0.1) is 5.92 Å². The molecule has 1 saturated heterocycles. The number of nitrogens with one attached hydrogen (secondary N) is 1. The van der Waals surface area contributed by atoms with Gasteiger partial charge in [-0.2, -0.15) is 0 Å². The molecule has 1 N–H and O–H groups in total. The fourth-order valence-electron chi connectivity index (χ4n) is 3.64. The number of fused-ring (bicyclic) bond motifs is 1. The van der Waals surface area contributed by atoms with Gasteiger partial charge in [-0.1, -0.05) is 32.6 Å². The van der Waals surface area contributed by atoms with E-state index in [0.717, 1.165) is 18.5 Å². The van der Waals surface area contributed by atoms with Crippen LogP contribution in [0.2, 0.25) is 0 Å². The van der Waals surface area contributed by atoms with Gasteiger partial charge < -0.3 is 19.7 Å². The van der Waals surface area contributed by atoms with Crippen molar-refractivity contribution in [3.63, 3.8) is 0 Å². The zero-order valence-corrected chi connectivity index (χ0v) is 16.3. The molecule has 6 nitrogen and oxygen atoms in total. The summed E-state index contributed by atoms with van der Waals surface area (Å²) in [7, 11) is 0. The summed E-state index contributed by atoms with van der Waals surface area (Å²) in [4.78, 5) is 26.7. The van der Waals surface area contributed by atoms with E-state index in [-0.39, 0.29) is 30.2 Å². The molecule has 3 rings (SSSR count). The molecule has 6 heteroatoms. The largest absolute Gasteiger partial charge is 0.486 e. The van der Waals surface area contributed by atoms with Crippen molar-refractivity contribution in [2.45, 2.75) is 58.4 Å². The lowest BCUT2D eigenvalue weighted by Crippen LogP contribution is -2.38. The first-order valence-corrected chi connectivity index (χ1v) is 10.1. The lowest BCUT2D eigenvalue weighted by Gasteiger charge is -2.22. The van der Waals surface area contributed by atoms with Crippen LogP contribution in [0.5, 0.6) is 11.5 Å². The van der Waals surface area contributed by atoms with Crippen LogP contribution in [0, 0.1) is 5.92 Å². The summed E-state index contributed by atoms with van der Waals surface area (Å²) in [6.45, 7) is 5.68. The molecule has 27 heavy (non-hydrogen) atoms. The van der Waals surface area contributed by atoms with E-state index in [4.69, 9.17) is 9.47 Å².